The standard InChI is InChI=1S/C16H29NO4S/c1-12-9-17(10-13(2)21-12)16(18)14(3)22(19,20)11-15-7-5-4-6-8-15/h12-15H,4-11H2,1-3H3/t12-,13+,14-/m1/s1. The van der Waals surface area contributed by atoms with Crippen LogP contribution in [0.25, 0.3) is 0 Å². The second-order valence-corrected chi connectivity index (χ2v) is 9.34. The molecule has 0 radical (unpaired) electrons. The molecule has 2 rings (SSSR count). The molecule has 1 aliphatic heterocycles. The first kappa shape index (κ1) is 17.7. The summed E-state index contributed by atoms with van der Waals surface area (Å²) in [6, 6.07) is 0. The topological polar surface area (TPSA) is 63.7 Å². The lowest BCUT2D eigenvalue weighted by Gasteiger charge is -2.36. The molecule has 0 aromatic carbocycles. The summed E-state index contributed by atoms with van der Waals surface area (Å²) in [7, 11) is -3.38. The maximum Gasteiger partial charge on any atom is 0.240 e. The fourth-order valence-corrected chi connectivity index (χ4v) is 5.33. The van der Waals surface area contributed by atoms with Crippen molar-refractivity contribution in [3.05, 3.63) is 0 Å². The molecule has 0 aromatic heterocycles. The van der Waals surface area contributed by atoms with Gasteiger partial charge in [0.05, 0.1) is 18.0 Å². The molecule has 6 heteroatoms. The van der Waals surface area contributed by atoms with Crippen molar-refractivity contribution >= 4 is 15.7 Å². The Morgan fingerprint density at radius 1 is 1.14 bits per heavy atom. The molecular weight excluding hydrogens is 302 g/mol. The van der Waals surface area contributed by atoms with Crippen molar-refractivity contribution in [3.8, 4) is 0 Å². The molecule has 3 atom stereocenters. The number of hydrogen-bond acceptors (Lipinski definition) is 4. The maximum absolute atomic E-state index is 12.6. The van der Waals surface area contributed by atoms with Crippen LogP contribution in [0.2, 0.25) is 0 Å². The lowest BCUT2D eigenvalue weighted by molar-refractivity contribution is -0.142. The molecule has 2 aliphatic rings. The van der Waals surface area contributed by atoms with E-state index in [1.54, 1.807) is 11.8 Å². The zero-order valence-electron chi connectivity index (χ0n) is 14.0. The molecule has 1 aliphatic carbocycles. The summed E-state index contributed by atoms with van der Waals surface area (Å²) in [4.78, 5) is 14.2. The number of sulfone groups is 1. The van der Waals surface area contributed by atoms with Crippen LogP contribution in [-0.4, -0.2) is 55.5 Å². The Labute approximate surface area is 134 Å². The van der Waals surface area contributed by atoms with Gasteiger partial charge in [-0.2, -0.15) is 0 Å². The summed E-state index contributed by atoms with van der Waals surface area (Å²) in [5.41, 5.74) is 0. The first-order chi connectivity index (χ1) is 10.3. The van der Waals surface area contributed by atoms with E-state index in [2.05, 4.69) is 0 Å². The monoisotopic (exact) mass is 331 g/mol. The fraction of sp³-hybridized carbons (Fsp3) is 0.938. The lowest BCUT2D eigenvalue weighted by Crippen LogP contribution is -2.52. The summed E-state index contributed by atoms with van der Waals surface area (Å²) in [6.07, 6.45) is 5.30. The molecule has 128 valence electrons. The first-order valence-corrected chi connectivity index (χ1v) is 10.2. The number of carbonyl (C=O) groups is 1. The van der Waals surface area contributed by atoms with E-state index in [9.17, 15) is 13.2 Å². The predicted octanol–water partition coefficient (Wildman–Crippen LogP) is 2.01. The van der Waals surface area contributed by atoms with E-state index in [1.165, 1.54) is 6.42 Å². The molecule has 0 unspecified atom stereocenters. The minimum absolute atomic E-state index is 0.0408. The van der Waals surface area contributed by atoms with E-state index in [0.29, 0.717) is 13.1 Å². The van der Waals surface area contributed by atoms with Gasteiger partial charge >= 0.3 is 0 Å². The van der Waals surface area contributed by atoms with Gasteiger partial charge in [-0.3, -0.25) is 4.79 Å². The zero-order valence-corrected chi connectivity index (χ0v) is 14.8. The van der Waals surface area contributed by atoms with E-state index >= 15 is 0 Å². The minimum Gasteiger partial charge on any atom is -0.372 e. The summed E-state index contributed by atoms with van der Waals surface area (Å²) in [6.45, 7) is 6.33. The lowest BCUT2D eigenvalue weighted by atomic mass is 9.91. The zero-order chi connectivity index (χ0) is 16.3. The Hall–Kier alpha value is -0.620. The van der Waals surface area contributed by atoms with Crippen molar-refractivity contribution in [1.29, 1.82) is 0 Å². The van der Waals surface area contributed by atoms with Gasteiger partial charge in [0.2, 0.25) is 5.91 Å². The van der Waals surface area contributed by atoms with Gasteiger partial charge in [-0.15, -0.1) is 0 Å². The van der Waals surface area contributed by atoms with Crippen LogP contribution in [0.15, 0.2) is 0 Å². The van der Waals surface area contributed by atoms with Gasteiger partial charge in [0.25, 0.3) is 0 Å². The van der Waals surface area contributed by atoms with Crippen LogP contribution < -0.4 is 0 Å². The third kappa shape index (κ3) is 4.44. The van der Waals surface area contributed by atoms with E-state index < -0.39 is 15.1 Å². The highest BCUT2D eigenvalue weighted by molar-refractivity contribution is 7.92. The Balaban J connectivity index is 1.98. The molecule has 0 aromatic rings. The number of amides is 1. The molecule has 1 saturated carbocycles. The average Bonchev–Trinajstić information content (AvgIpc) is 2.45. The van der Waals surface area contributed by atoms with Gasteiger partial charge in [0.15, 0.2) is 9.84 Å². The first-order valence-electron chi connectivity index (χ1n) is 8.45. The molecule has 2 fully saturated rings. The Kier molecular flexibility index (Phi) is 5.88. The van der Waals surface area contributed by atoms with Gasteiger partial charge in [0, 0.05) is 13.1 Å². The second kappa shape index (κ2) is 7.30. The molecule has 1 amide bonds. The highest BCUT2D eigenvalue weighted by Crippen LogP contribution is 2.26. The van der Waals surface area contributed by atoms with Gasteiger partial charge in [-0.25, -0.2) is 8.42 Å². The third-order valence-electron chi connectivity index (χ3n) is 4.81. The normalized spacial score (nSPS) is 29.3. The van der Waals surface area contributed by atoms with Crippen LogP contribution in [0.5, 0.6) is 0 Å². The van der Waals surface area contributed by atoms with Crippen molar-refractivity contribution in [2.24, 2.45) is 5.92 Å². The van der Waals surface area contributed by atoms with Crippen LogP contribution in [0.4, 0.5) is 0 Å². The highest BCUT2D eigenvalue weighted by atomic mass is 32.2. The minimum atomic E-state index is -3.38. The second-order valence-electron chi connectivity index (χ2n) is 6.98. The van der Waals surface area contributed by atoms with Crippen molar-refractivity contribution < 1.29 is 17.9 Å². The Bertz CT molecular complexity index is 474. The van der Waals surface area contributed by atoms with E-state index in [0.717, 1.165) is 25.7 Å². The highest BCUT2D eigenvalue weighted by Gasteiger charge is 2.36. The number of ether oxygens (including phenoxy) is 1. The Morgan fingerprint density at radius 2 is 1.68 bits per heavy atom. The van der Waals surface area contributed by atoms with Gasteiger partial charge < -0.3 is 9.64 Å². The van der Waals surface area contributed by atoms with Gasteiger partial charge in [0.1, 0.15) is 5.25 Å². The summed E-state index contributed by atoms with van der Waals surface area (Å²) >= 11 is 0. The number of carbonyl (C=O) groups excluding carboxylic acids is 1. The summed E-state index contributed by atoms with van der Waals surface area (Å²) in [5.74, 6) is 0.129. The SMILES string of the molecule is C[C@@H]1CN(C(=O)[C@@H](C)S(=O)(=O)CC2CCCCC2)C[C@H](C)O1. The van der Waals surface area contributed by atoms with Crippen LogP contribution in [-0.2, 0) is 19.4 Å². The van der Waals surface area contributed by atoms with Crippen LogP contribution in [0, 0.1) is 5.92 Å². The molecule has 22 heavy (non-hydrogen) atoms. The Morgan fingerprint density at radius 3 is 2.23 bits per heavy atom. The van der Waals surface area contributed by atoms with Crippen molar-refractivity contribution in [2.75, 3.05) is 18.8 Å². The summed E-state index contributed by atoms with van der Waals surface area (Å²) in [5, 5.41) is -0.938. The smallest absolute Gasteiger partial charge is 0.240 e. The van der Waals surface area contributed by atoms with Crippen LogP contribution in [0.3, 0.4) is 0 Å². The number of rotatable bonds is 4. The maximum atomic E-state index is 12.6. The quantitative estimate of drug-likeness (QED) is 0.790. The van der Waals surface area contributed by atoms with Crippen molar-refractivity contribution in [3.63, 3.8) is 0 Å². The van der Waals surface area contributed by atoms with Gasteiger partial charge in [-0.05, 0) is 39.5 Å². The molecule has 1 saturated heterocycles. The molecule has 0 bridgehead atoms. The third-order valence-corrected chi connectivity index (χ3v) is 7.03. The van der Waals surface area contributed by atoms with Crippen molar-refractivity contribution in [2.45, 2.75) is 70.3 Å². The largest absolute Gasteiger partial charge is 0.372 e. The van der Waals surface area contributed by atoms with E-state index in [1.807, 2.05) is 13.8 Å². The molecule has 0 N–H and O–H groups in total. The number of morpholine rings is 1. The fourth-order valence-electron chi connectivity index (χ4n) is 3.60. The van der Waals surface area contributed by atoms with E-state index in [4.69, 9.17) is 4.74 Å². The molecule has 0 spiro atoms. The number of hydrogen-bond donors (Lipinski definition) is 0. The number of nitrogens with zero attached hydrogens (tertiary/aromatic N) is 1. The van der Waals surface area contributed by atoms with Crippen molar-refractivity contribution in [1.82, 2.24) is 4.90 Å². The average molecular weight is 331 g/mol. The summed E-state index contributed by atoms with van der Waals surface area (Å²) < 4.78 is 30.7. The van der Waals surface area contributed by atoms with Gasteiger partial charge in [-0.1, -0.05) is 19.3 Å². The van der Waals surface area contributed by atoms with Crippen LogP contribution >= 0.6 is 0 Å². The van der Waals surface area contributed by atoms with Crippen LogP contribution in [0.1, 0.15) is 52.9 Å². The predicted molar refractivity (Wildman–Crippen MR) is 86.4 cm³/mol. The molecular formula is C16H29NO4S. The molecule has 5 nitrogen and oxygen atoms in total. The molecule has 1 heterocycles. The van der Waals surface area contributed by atoms with E-state index in [-0.39, 0.29) is 29.8 Å².